The molecule has 1 atom stereocenters. The van der Waals surface area contributed by atoms with Crippen molar-refractivity contribution in [1.29, 1.82) is 0 Å². The zero-order chi connectivity index (χ0) is 14.4. The first-order chi connectivity index (χ1) is 9.70. The number of alkyl halides is 2. The van der Waals surface area contributed by atoms with Gasteiger partial charge in [0.1, 0.15) is 0 Å². The summed E-state index contributed by atoms with van der Waals surface area (Å²) in [5, 5.41) is 3.55. The topological polar surface area (TPSA) is 15.3 Å². The Labute approximate surface area is 123 Å². The van der Waals surface area contributed by atoms with Gasteiger partial charge in [0.2, 0.25) is 0 Å². The highest BCUT2D eigenvalue weighted by Gasteiger charge is 2.20. The fourth-order valence-corrected chi connectivity index (χ4v) is 3.34. The van der Waals surface area contributed by atoms with E-state index in [2.05, 4.69) is 17.1 Å². The largest absolute Gasteiger partial charge is 0.369 e. The fourth-order valence-electron chi connectivity index (χ4n) is 2.67. The van der Waals surface area contributed by atoms with Gasteiger partial charge in [0, 0.05) is 24.0 Å². The zero-order valence-corrected chi connectivity index (χ0v) is 12.6. The lowest BCUT2D eigenvalue weighted by molar-refractivity contribution is 0.252. The van der Waals surface area contributed by atoms with Gasteiger partial charge in [-0.15, -0.1) is 0 Å². The van der Waals surface area contributed by atoms with Crippen molar-refractivity contribution in [1.82, 2.24) is 5.32 Å². The summed E-state index contributed by atoms with van der Waals surface area (Å²) in [5.74, 6) is -2.37. The van der Waals surface area contributed by atoms with Crippen molar-refractivity contribution >= 4 is 17.4 Å². The van der Waals surface area contributed by atoms with Gasteiger partial charge >= 0.3 is 0 Å². The molecular weight excluding hydrogens is 278 g/mol. The molecule has 0 aliphatic carbocycles. The third-order valence-electron chi connectivity index (χ3n) is 3.54. The van der Waals surface area contributed by atoms with Crippen LogP contribution in [0, 0.1) is 0 Å². The average Bonchev–Trinajstić information content (AvgIpc) is 2.65. The molecule has 1 saturated heterocycles. The summed E-state index contributed by atoms with van der Waals surface area (Å²) in [6.07, 6.45) is 3.31. The number of para-hydroxylation sites is 1. The van der Waals surface area contributed by atoms with Gasteiger partial charge in [0.15, 0.2) is 0 Å². The normalized spacial score (nSPS) is 20.2. The van der Waals surface area contributed by atoms with E-state index < -0.39 is 5.76 Å². The number of benzene rings is 1. The van der Waals surface area contributed by atoms with Gasteiger partial charge in [-0.1, -0.05) is 37.2 Å². The molecule has 0 bridgehead atoms. The molecule has 0 spiro atoms. The van der Waals surface area contributed by atoms with Crippen molar-refractivity contribution in [2.75, 3.05) is 24.5 Å². The first kappa shape index (κ1) is 15.6. The zero-order valence-electron chi connectivity index (χ0n) is 11.8. The SMILES string of the molecule is CCCC1CN(c2ccccc2SC(F)F)CCCN1. The van der Waals surface area contributed by atoms with Crippen LogP contribution in [0.4, 0.5) is 14.5 Å². The Morgan fingerprint density at radius 3 is 2.95 bits per heavy atom. The van der Waals surface area contributed by atoms with Gasteiger partial charge in [-0.3, -0.25) is 0 Å². The first-order valence-corrected chi connectivity index (χ1v) is 8.11. The van der Waals surface area contributed by atoms with E-state index in [1.807, 2.05) is 18.2 Å². The Bertz CT molecular complexity index is 415. The second-order valence-electron chi connectivity index (χ2n) is 5.09. The Kier molecular flexibility index (Phi) is 6.10. The van der Waals surface area contributed by atoms with Crippen LogP contribution in [0.1, 0.15) is 26.2 Å². The van der Waals surface area contributed by atoms with E-state index in [-0.39, 0.29) is 0 Å². The van der Waals surface area contributed by atoms with Gasteiger partial charge in [-0.05, 0) is 31.5 Å². The van der Waals surface area contributed by atoms with Crippen LogP contribution in [-0.2, 0) is 0 Å². The van der Waals surface area contributed by atoms with E-state index in [1.165, 1.54) is 0 Å². The lowest BCUT2D eigenvalue weighted by atomic mass is 10.1. The molecule has 1 fully saturated rings. The maximum absolute atomic E-state index is 12.7. The Morgan fingerprint density at radius 1 is 1.40 bits per heavy atom. The molecule has 0 amide bonds. The van der Waals surface area contributed by atoms with Crippen LogP contribution in [0.2, 0.25) is 0 Å². The van der Waals surface area contributed by atoms with E-state index in [1.54, 1.807) is 6.07 Å². The molecule has 2 rings (SSSR count). The highest BCUT2D eigenvalue weighted by atomic mass is 32.2. The van der Waals surface area contributed by atoms with Crippen molar-refractivity contribution in [2.24, 2.45) is 0 Å². The van der Waals surface area contributed by atoms with Crippen molar-refractivity contribution < 1.29 is 8.78 Å². The molecular formula is C15H22F2N2S. The molecule has 20 heavy (non-hydrogen) atoms. The molecule has 1 aliphatic heterocycles. The second kappa shape index (κ2) is 7.84. The number of halogens is 2. The average molecular weight is 300 g/mol. The van der Waals surface area contributed by atoms with Crippen molar-refractivity contribution in [3.8, 4) is 0 Å². The molecule has 2 nitrogen and oxygen atoms in total. The molecule has 1 heterocycles. The predicted molar refractivity (Wildman–Crippen MR) is 81.8 cm³/mol. The van der Waals surface area contributed by atoms with Crippen LogP contribution in [0.3, 0.4) is 0 Å². The van der Waals surface area contributed by atoms with Crippen LogP contribution in [-0.4, -0.2) is 31.4 Å². The molecule has 1 aromatic carbocycles. The second-order valence-corrected chi connectivity index (χ2v) is 6.12. The number of anilines is 1. The van der Waals surface area contributed by atoms with Gasteiger partial charge in [-0.25, -0.2) is 0 Å². The number of thioether (sulfide) groups is 1. The summed E-state index contributed by atoms with van der Waals surface area (Å²) in [6.45, 7) is 5.01. The molecule has 1 aromatic rings. The van der Waals surface area contributed by atoms with Gasteiger partial charge in [0.05, 0.1) is 5.69 Å². The maximum atomic E-state index is 12.7. The number of nitrogens with one attached hydrogen (secondary N) is 1. The lowest BCUT2D eigenvalue weighted by Gasteiger charge is -2.28. The highest BCUT2D eigenvalue weighted by Crippen LogP contribution is 2.34. The first-order valence-electron chi connectivity index (χ1n) is 7.23. The van der Waals surface area contributed by atoms with Crippen molar-refractivity contribution in [3.63, 3.8) is 0 Å². The summed E-state index contributed by atoms with van der Waals surface area (Å²) < 4.78 is 25.4. The van der Waals surface area contributed by atoms with Gasteiger partial charge < -0.3 is 10.2 Å². The lowest BCUT2D eigenvalue weighted by Crippen LogP contribution is -2.37. The van der Waals surface area contributed by atoms with Crippen LogP contribution < -0.4 is 10.2 Å². The Hall–Kier alpha value is -0.810. The molecule has 0 aromatic heterocycles. The Morgan fingerprint density at radius 2 is 2.20 bits per heavy atom. The minimum absolute atomic E-state index is 0.451. The van der Waals surface area contributed by atoms with Crippen molar-refractivity contribution in [2.45, 2.75) is 42.9 Å². The van der Waals surface area contributed by atoms with E-state index in [4.69, 9.17) is 0 Å². The minimum Gasteiger partial charge on any atom is -0.369 e. The van der Waals surface area contributed by atoms with E-state index in [9.17, 15) is 8.78 Å². The minimum atomic E-state index is -2.37. The summed E-state index contributed by atoms with van der Waals surface area (Å²) in [6, 6.07) is 7.96. The van der Waals surface area contributed by atoms with E-state index in [0.717, 1.165) is 44.6 Å². The molecule has 0 saturated carbocycles. The standard InChI is InChI=1S/C15H22F2N2S/c1-2-6-12-11-19(10-5-9-18-12)13-7-3-4-8-14(13)20-15(16)17/h3-4,7-8,12,15,18H,2,5-6,9-11H2,1H3. The van der Waals surface area contributed by atoms with Crippen LogP contribution in [0.15, 0.2) is 29.2 Å². The molecule has 5 heteroatoms. The van der Waals surface area contributed by atoms with E-state index >= 15 is 0 Å². The predicted octanol–water partition coefficient (Wildman–Crippen LogP) is 3.97. The van der Waals surface area contributed by atoms with E-state index in [0.29, 0.717) is 22.7 Å². The number of hydrogen-bond donors (Lipinski definition) is 1. The fraction of sp³-hybridized carbons (Fsp3) is 0.600. The third-order valence-corrected chi connectivity index (χ3v) is 4.32. The quantitative estimate of drug-likeness (QED) is 0.828. The third kappa shape index (κ3) is 4.35. The summed E-state index contributed by atoms with van der Waals surface area (Å²) >= 11 is 0.645. The van der Waals surface area contributed by atoms with Crippen LogP contribution >= 0.6 is 11.8 Å². The molecule has 0 radical (unpaired) electrons. The highest BCUT2D eigenvalue weighted by molar-refractivity contribution is 7.99. The van der Waals surface area contributed by atoms with Crippen molar-refractivity contribution in [3.05, 3.63) is 24.3 Å². The maximum Gasteiger partial charge on any atom is 0.288 e. The van der Waals surface area contributed by atoms with Crippen LogP contribution in [0.25, 0.3) is 0 Å². The molecule has 112 valence electrons. The summed E-state index contributed by atoms with van der Waals surface area (Å²) in [4.78, 5) is 2.94. The van der Waals surface area contributed by atoms with Crippen LogP contribution in [0.5, 0.6) is 0 Å². The molecule has 1 unspecified atom stereocenters. The summed E-state index contributed by atoms with van der Waals surface area (Å²) in [5.41, 5.74) is 0.947. The number of hydrogen-bond acceptors (Lipinski definition) is 3. The molecule has 1 N–H and O–H groups in total. The monoisotopic (exact) mass is 300 g/mol. The summed E-state index contributed by atoms with van der Waals surface area (Å²) in [7, 11) is 0. The van der Waals surface area contributed by atoms with Gasteiger partial charge in [-0.2, -0.15) is 8.78 Å². The number of rotatable bonds is 5. The number of nitrogens with zero attached hydrogens (tertiary/aromatic N) is 1. The Balaban J connectivity index is 2.16. The van der Waals surface area contributed by atoms with Gasteiger partial charge in [0.25, 0.3) is 5.76 Å². The smallest absolute Gasteiger partial charge is 0.288 e. The molecule has 1 aliphatic rings.